The van der Waals surface area contributed by atoms with E-state index in [1.807, 2.05) is 12.1 Å². The Morgan fingerprint density at radius 2 is 1.94 bits per heavy atom. The van der Waals surface area contributed by atoms with Crippen LogP contribution in [-0.2, 0) is 6.42 Å². The highest BCUT2D eigenvalue weighted by molar-refractivity contribution is 5.43. The van der Waals surface area contributed by atoms with Crippen molar-refractivity contribution in [1.82, 2.24) is 0 Å². The maximum Gasteiger partial charge on any atom is 0.161 e. The third-order valence-corrected chi connectivity index (χ3v) is 2.89. The van der Waals surface area contributed by atoms with Crippen LogP contribution in [0.15, 0.2) is 18.2 Å². The SMILES string of the molecule is CCc1ccc(OC(CN)C(C)C)c(OC)c1. The fraction of sp³-hybridized carbons (Fsp3) is 0.571. The van der Waals surface area contributed by atoms with Crippen LogP contribution in [0.4, 0.5) is 0 Å². The predicted molar refractivity (Wildman–Crippen MR) is 70.7 cm³/mol. The normalized spacial score (nSPS) is 12.6. The van der Waals surface area contributed by atoms with Crippen LogP contribution >= 0.6 is 0 Å². The summed E-state index contributed by atoms with van der Waals surface area (Å²) in [7, 11) is 1.66. The molecular formula is C14H23NO2. The van der Waals surface area contributed by atoms with Gasteiger partial charge in [-0.15, -0.1) is 0 Å². The Morgan fingerprint density at radius 3 is 2.41 bits per heavy atom. The first-order valence-electron chi connectivity index (χ1n) is 6.16. The van der Waals surface area contributed by atoms with Gasteiger partial charge in [0.1, 0.15) is 6.10 Å². The maximum absolute atomic E-state index is 5.90. The molecule has 3 heteroatoms. The topological polar surface area (TPSA) is 44.5 Å². The van der Waals surface area contributed by atoms with Gasteiger partial charge in [0.2, 0.25) is 0 Å². The van der Waals surface area contributed by atoms with Crippen LogP contribution in [0.3, 0.4) is 0 Å². The van der Waals surface area contributed by atoms with E-state index in [0.29, 0.717) is 12.5 Å². The Labute approximate surface area is 104 Å². The Bertz CT molecular complexity index is 350. The summed E-state index contributed by atoms with van der Waals surface area (Å²) >= 11 is 0. The van der Waals surface area contributed by atoms with Crippen LogP contribution in [0.25, 0.3) is 0 Å². The first-order chi connectivity index (χ1) is 8.12. The average Bonchev–Trinajstić information content (AvgIpc) is 2.35. The van der Waals surface area contributed by atoms with Crippen molar-refractivity contribution >= 4 is 0 Å². The van der Waals surface area contributed by atoms with Crippen molar-refractivity contribution in [3.63, 3.8) is 0 Å². The molecule has 0 aliphatic carbocycles. The number of hydrogen-bond donors (Lipinski definition) is 1. The quantitative estimate of drug-likeness (QED) is 0.827. The van der Waals surface area contributed by atoms with Crippen LogP contribution < -0.4 is 15.2 Å². The smallest absolute Gasteiger partial charge is 0.161 e. The lowest BCUT2D eigenvalue weighted by Gasteiger charge is -2.22. The molecule has 96 valence electrons. The zero-order chi connectivity index (χ0) is 12.8. The van der Waals surface area contributed by atoms with E-state index >= 15 is 0 Å². The Balaban J connectivity index is 2.89. The van der Waals surface area contributed by atoms with Crippen LogP contribution in [0.1, 0.15) is 26.3 Å². The lowest BCUT2D eigenvalue weighted by molar-refractivity contribution is 0.153. The van der Waals surface area contributed by atoms with Crippen LogP contribution in [0.2, 0.25) is 0 Å². The van der Waals surface area contributed by atoms with Crippen molar-refractivity contribution in [2.45, 2.75) is 33.3 Å². The molecule has 2 N–H and O–H groups in total. The molecule has 1 unspecified atom stereocenters. The summed E-state index contributed by atoms with van der Waals surface area (Å²) < 4.78 is 11.2. The predicted octanol–water partition coefficient (Wildman–Crippen LogP) is 2.62. The molecule has 0 aliphatic rings. The van der Waals surface area contributed by atoms with Gasteiger partial charge in [0, 0.05) is 6.54 Å². The summed E-state index contributed by atoms with van der Waals surface area (Å²) in [5, 5.41) is 0. The Hall–Kier alpha value is -1.22. The molecule has 3 nitrogen and oxygen atoms in total. The molecule has 0 aliphatic heterocycles. The fourth-order valence-electron chi connectivity index (χ4n) is 1.65. The molecule has 0 heterocycles. The molecule has 0 saturated heterocycles. The minimum absolute atomic E-state index is 0.0244. The van der Waals surface area contributed by atoms with Crippen molar-refractivity contribution in [3.05, 3.63) is 23.8 Å². The summed E-state index contributed by atoms with van der Waals surface area (Å²) in [5.74, 6) is 1.94. The van der Waals surface area contributed by atoms with E-state index in [1.165, 1.54) is 5.56 Å². The molecule has 1 aromatic rings. The van der Waals surface area contributed by atoms with E-state index in [1.54, 1.807) is 7.11 Å². The number of rotatable bonds is 6. The largest absolute Gasteiger partial charge is 0.493 e. The molecule has 0 fully saturated rings. The highest BCUT2D eigenvalue weighted by Gasteiger charge is 2.15. The minimum atomic E-state index is 0.0244. The van der Waals surface area contributed by atoms with Gasteiger partial charge in [-0.05, 0) is 30.0 Å². The molecule has 1 aromatic carbocycles. The third-order valence-electron chi connectivity index (χ3n) is 2.89. The van der Waals surface area contributed by atoms with E-state index in [2.05, 4.69) is 26.8 Å². The number of nitrogens with two attached hydrogens (primary N) is 1. The molecule has 0 spiro atoms. The zero-order valence-electron chi connectivity index (χ0n) is 11.2. The molecule has 1 atom stereocenters. The highest BCUT2D eigenvalue weighted by atomic mass is 16.5. The molecule has 0 aromatic heterocycles. The summed E-state index contributed by atoms with van der Waals surface area (Å²) in [4.78, 5) is 0. The summed E-state index contributed by atoms with van der Waals surface area (Å²) in [5.41, 5.74) is 6.94. The second-order valence-electron chi connectivity index (χ2n) is 4.47. The van der Waals surface area contributed by atoms with Crippen LogP contribution in [0.5, 0.6) is 11.5 Å². The lowest BCUT2D eigenvalue weighted by atomic mass is 10.1. The van der Waals surface area contributed by atoms with Crippen molar-refractivity contribution in [2.75, 3.05) is 13.7 Å². The van der Waals surface area contributed by atoms with Gasteiger partial charge in [0.15, 0.2) is 11.5 Å². The number of ether oxygens (including phenoxy) is 2. The van der Waals surface area contributed by atoms with Gasteiger partial charge in [-0.3, -0.25) is 0 Å². The van der Waals surface area contributed by atoms with Gasteiger partial charge in [0.05, 0.1) is 7.11 Å². The van der Waals surface area contributed by atoms with Crippen molar-refractivity contribution in [1.29, 1.82) is 0 Å². The van der Waals surface area contributed by atoms with Gasteiger partial charge < -0.3 is 15.2 Å². The first kappa shape index (κ1) is 13.8. The van der Waals surface area contributed by atoms with E-state index in [0.717, 1.165) is 17.9 Å². The lowest BCUT2D eigenvalue weighted by Crippen LogP contribution is -2.31. The third kappa shape index (κ3) is 3.63. The molecule has 0 saturated carbocycles. The standard InChI is InChI=1S/C14H23NO2/c1-5-11-6-7-12(13(8-11)16-4)17-14(9-15)10(2)3/h6-8,10,14H,5,9,15H2,1-4H3. The highest BCUT2D eigenvalue weighted by Crippen LogP contribution is 2.29. The maximum atomic E-state index is 5.90. The summed E-state index contributed by atoms with van der Waals surface area (Å²) in [6.45, 7) is 6.83. The second kappa shape index (κ2) is 6.50. The Morgan fingerprint density at radius 1 is 1.24 bits per heavy atom. The van der Waals surface area contributed by atoms with E-state index < -0.39 is 0 Å². The molecule has 0 radical (unpaired) electrons. The fourth-order valence-corrected chi connectivity index (χ4v) is 1.65. The number of methoxy groups -OCH3 is 1. The molecule has 0 amide bonds. The van der Waals surface area contributed by atoms with E-state index in [4.69, 9.17) is 15.2 Å². The van der Waals surface area contributed by atoms with Crippen molar-refractivity contribution in [2.24, 2.45) is 11.7 Å². The number of hydrogen-bond acceptors (Lipinski definition) is 3. The minimum Gasteiger partial charge on any atom is -0.493 e. The molecule has 0 bridgehead atoms. The van der Waals surface area contributed by atoms with Crippen molar-refractivity contribution < 1.29 is 9.47 Å². The van der Waals surface area contributed by atoms with Gasteiger partial charge in [-0.2, -0.15) is 0 Å². The van der Waals surface area contributed by atoms with Gasteiger partial charge in [-0.1, -0.05) is 26.8 Å². The monoisotopic (exact) mass is 237 g/mol. The van der Waals surface area contributed by atoms with Gasteiger partial charge >= 0.3 is 0 Å². The average molecular weight is 237 g/mol. The van der Waals surface area contributed by atoms with Crippen LogP contribution in [-0.4, -0.2) is 19.8 Å². The summed E-state index contributed by atoms with van der Waals surface area (Å²) in [6.07, 6.45) is 1.01. The number of benzene rings is 1. The van der Waals surface area contributed by atoms with Crippen molar-refractivity contribution in [3.8, 4) is 11.5 Å². The molecule has 17 heavy (non-hydrogen) atoms. The van der Waals surface area contributed by atoms with Gasteiger partial charge in [0.25, 0.3) is 0 Å². The number of aryl methyl sites for hydroxylation is 1. The molecular weight excluding hydrogens is 214 g/mol. The zero-order valence-corrected chi connectivity index (χ0v) is 11.2. The van der Waals surface area contributed by atoms with Gasteiger partial charge in [-0.25, -0.2) is 0 Å². The summed E-state index contributed by atoms with van der Waals surface area (Å²) in [6, 6.07) is 6.04. The first-order valence-corrected chi connectivity index (χ1v) is 6.16. The van der Waals surface area contributed by atoms with Crippen LogP contribution in [0, 0.1) is 5.92 Å². The second-order valence-corrected chi connectivity index (χ2v) is 4.47. The van der Waals surface area contributed by atoms with E-state index in [-0.39, 0.29) is 6.10 Å². The van der Waals surface area contributed by atoms with E-state index in [9.17, 15) is 0 Å². The molecule has 1 rings (SSSR count). The Kier molecular flexibility index (Phi) is 5.29.